The molecule has 3 rings (SSSR count). The second-order valence-electron chi connectivity index (χ2n) is 5.34. The van der Waals surface area contributed by atoms with Crippen molar-refractivity contribution in [3.05, 3.63) is 64.4 Å². The lowest BCUT2D eigenvalue weighted by molar-refractivity contribution is 0.0991. The molecule has 11 heteroatoms. The standard InChI is InChI=1S/C16H13F2N3O4S2/c1-19-27(23,24)14-5-4-13(25-14)15(22)21-16-20-8-10(26-16)6-9-2-3-11(17)12(18)7-9/h2-5,7-8,19H,6H2,1H3,(H,20,21,22). The van der Waals surface area contributed by atoms with Gasteiger partial charge < -0.3 is 4.42 Å². The third-order valence-corrected chi connectivity index (χ3v) is 5.67. The van der Waals surface area contributed by atoms with Crippen molar-refractivity contribution in [3.63, 3.8) is 0 Å². The zero-order valence-corrected chi connectivity index (χ0v) is 15.5. The van der Waals surface area contributed by atoms with Gasteiger partial charge in [-0.2, -0.15) is 0 Å². The predicted octanol–water partition coefficient (Wildman–Crippen LogP) is 2.77. The lowest BCUT2D eigenvalue weighted by Crippen LogP contribution is -2.18. The number of carbonyl (C=O) groups excluding carboxylic acids is 1. The summed E-state index contributed by atoms with van der Waals surface area (Å²) < 4.78 is 56.6. The Morgan fingerprint density at radius 2 is 2.00 bits per heavy atom. The van der Waals surface area contributed by atoms with Crippen LogP contribution in [0.15, 0.2) is 46.0 Å². The Morgan fingerprint density at radius 1 is 1.22 bits per heavy atom. The molecule has 1 amide bonds. The lowest BCUT2D eigenvalue weighted by Gasteiger charge is -2.00. The minimum atomic E-state index is -3.79. The molecule has 2 aromatic heterocycles. The molecule has 0 spiro atoms. The number of hydrogen-bond acceptors (Lipinski definition) is 6. The molecule has 27 heavy (non-hydrogen) atoms. The van der Waals surface area contributed by atoms with Crippen LogP contribution in [0.3, 0.4) is 0 Å². The van der Waals surface area contributed by atoms with Crippen LogP contribution in [0.5, 0.6) is 0 Å². The summed E-state index contributed by atoms with van der Waals surface area (Å²) >= 11 is 1.15. The van der Waals surface area contributed by atoms with Crippen molar-refractivity contribution in [2.24, 2.45) is 0 Å². The normalized spacial score (nSPS) is 11.5. The summed E-state index contributed by atoms with van der Waals surface area (Å²) in [4.78, 5) is 16.9. The van der Waals surface area contributed by atoms with Crippen molar-refractivity contribution in [1.29, 1.82) is 0 Å². The first-order valence-corrected chi connectivity index (χ1v) is 9.82. The van der Waals surface area contributed by atoms with E-state index >= 15 is 0 Å². The summed E-state index contributed by atoms with van der Waals surface area (Å²) in [5.41, 5.74) is 0.559. The summed E-state index contributed by atoms with van der Waals surface area (Å²) in [6.07, 6.45) is 1.82. The zero-order valence-electron chi connectivity index (χ0n) is 13.8. The van der Waals surface area contributed by atoms with Crippen molar-refractivity contribution in [1.82, 2.24) is 9.71 Å². The first-order valence-electron chi connectivity index (χ1n) is 7.52. The number of nitrogens with zero attached hydrogens (tertiary/aromatic N) is 1. The topological polar surface area (TPSA) is 101 Å². The summed E-state index contributed by atoms with van der Waals surface area (Å²) in [5, 5.41) is 2.37. The highest BCUT2D eigenvalue weighted by atomic mass is 32.2. The maximum absolute atomic E-state index is 13.3. The summed E-state index contributed by atoms with van der Waals surface area (Å²) in [7, 11) is -2.56. The minimum absolute atomic E-state index is 0.193. The van der Waals surface area contributed by atoms with E-state index in [2.05, 4.69) is 15.0 Å². The second kappa shape index (κ2) is 7.55. The SMILES string of the molecule is CNS(=O)(=O)c1ccc(C(=O)Nc2ncc(Cc3ccc(F)c(F)c3)s2)o1. The van der Waals surface area contributed by atoms with Gasteiger partial charge in [-0.25, -0.2) is 26.9 Å². The molecular weight excluding hydrogens is 400 g/mol. The van der Waals surface area contributed by atoms with E-state index in [0.717, 1.165) is 29.5 Å². The maximum Gasteiger partial charge on any atom is 0.293 e. The molecule has 0 atom stereocenters. The molecule has 2 heterocycles. The Bertz CT molecular complexity index is 1090. The Hall–Kier alpha value is -2.63. The molecule has 3 aromatic rings. The monoisotopic (exact) mass is 413 g/mol. The third-order valence-electron chi connectivity index (χ3n) is 3.48. The van der Waals surface area contributed by atoms with Gasteiger partial charge in [0.2, 0.25) is 5.09 Å². The number of thiazole rings is 1. The number of rotatable bonds is 6. The number of nitrogens with one attached hydrogen (secondary N) is 2. The van der Waals surface area contributed by atoms with Gasteiger partial charge in [0.25, 0.3) is 15.9 Å². The molecule has 0 aliphatic rings. The predicted molar refractivity (Wildman–Crippen MR) is 94.2 cm³/mol. The van der Waals surface area contributed by atoms with Gasteiger partial charge in [-0.3, -0.25) is 10.1 Å². The van der Waals surface area contributed by atoms with Gasteiger partial charge in [0.1, 0.15) is 0 Å². The van der Waals surface area contributed by atoms with Crippen molar-refractivity contribution in [2.45, 2.75) is 11.5 Å². The average Bonchev–Trinajstić information content (AvgIpc) is 3.28. The van der Waals surface area contributed by atoms with E-state index in [1.807, 2.05) is 0 Å². The van der Waals surface area contributed by atoms with Crippen LogP contribution in [0.4, 0.5) is 13.9 Å². The molecule has 1 aromatic carbocycles. The van der Waals surface area contributed by atoms with Crippen LogP contribution < -0.4 is 10.0 Å². The molecule has 0 fully saturated rings. The van der Waals surface area contributed by atoms with Crippen LogP contribution in [-0.2, 0) is 16.4 Å². The van der Waals surface area contributed by atoms with E-state index < -0.39 is 27.6 Å². The highest BCUT2D eigenvalue weighted by Gasteiger charge is 2.20. The number of halogens is 2. The molecule has 0 aliphatic heterocycles. The molecule has 7 nitrogen and oxygen atoms in total. The van der Waals surface area contributed by atoms with Gasteiger partial charge in [-0.1, -0.05) is 6.07 Å². The molecule has 0 radical (unpaired) electrons. The highest BCUT2D eigenvalue weighted by Crippen LogP contribution is 2.23. The first-order chi connectivity index (χ1) is 12.8. The maximum atomic E-state index is 13.3. The molecular formula is C16H13F2N3O4S2. The number of anilines is 1. The molecule has 0 bridgehead atoms. The van der Waals surface area contributed by atoms with E-state index in [4.69, 9.17) is 4.42 Å². The lowest BCUT2D eigenvalue weighted by atomic mass is 10.1. The number of amides is 1. The van der Waals surface area contributed by atoms with Crippen molar-refractivity contribution in [2.75, 3.05) is 12.4 Å². The number of aromatic nitrogens is 1. The van der Waals surface area contributed by atoms with Gasteiger partial charge in [0, 0.05) is 17.5 Å². The summed E-state index contributed by atoms with van der Waals surface area (Å²) in [6, 6.07) is 6.00. The molecule has 0 aliphatic carbocycles. The number of hydrogen-bond donors (Lipinski definition) is 2. The van der Waals surface area contributed by atoms with Crippen molar-refractivity contribution in [3.8, 4) is 0 Å². The molecule has 0 saturated heterocycles. The number of sulfonamides is 1. The zero-order chi connectivity index (χ0) is 19.6. The van der Waals surface area contributed by atoms with Crippen LogP contribution >= 0.6 is 11.3 Å². The van der Waals surface area contributed by atoms with Crippen molar-refractivity contribution < 1.29 is 26.4 Å². The Morgan fingerprint density at radius 3 is 2.70 bits per heavy atom. The van der Waals surface area contributed by atoms with Gasteiger partial charge in [0.05, 0.1) is 0 Å². The van der Waals surface area contributed by atoms with Crippen LogP contribution in [-0.4, -0.2) is 26.4 Å². The van der Waals surface area contributed by atoms with E-state index in [0.29, 0.717) is 16.9 Å². The Kier molecular flexibility index (Phi) is 5.35. The minimum Gasteiger partial charge on any atom is -0.438 e. The van der Waals surface area contributed by atoms with Gasteiger partial charge in [-0.05, 0) is 36.9 Å². The Balaban J connectivity index is 1.68. The molecule has 0 saturated carbocycles. The highest BCUT2D eigenvalue weighted by molar-refractivity contribution is 7.89. The van der Waals surface area contributed by atoms with Crippen LogP contribution in [0.1, 0.15) is 21.0 Å². The quantitative estimate of drug-likeness (QED) is 0.647. The number of carbonyl (C=O) groups is 1. The molecule has 0 unspecified atom stereocenters. The van der Waals surface area contributed by atoms with Gasteiger partial charge in [-0.15, -0.1) is 11.3 Å². The van der Waals surface area contributed by atoms with E-state index in [9.17, 15) is 22.0 Å². The summed E-state index contributed by atoms with van der Waals surface area (Å²) in [5.74, 6) is -2.72. The average molecular weight is 413 g/mol. The largest absolute Gasteiger partial charge is 0.438 e. The van der Waals surface area contributed by atoms with Crippen LogP contribution in [0.2, 0.25) is 0 Å². The van der Waals surface area contributed by atoms with E-state index in [-0.39, 0.29) is 16.0 Å². The first kappa shape index (κ1) is 19.1. The van der Waals surface area contributed by atoms with Crippen LogP contribution in [0.25, 0.3) is 0 Å². The van der Waals surface area contributed by atoms with Crippen molar-refractivity contribution >= 4 is 32.4 Å². The molecule has 2 N–H and O–H groups in total. The summed E-state index contributed by atoms with van der Waals surface area (Å²) in [6.45, 7) is 0. The van der Waals surface area contributed by atoms with E-state index in [1.165, 1.54) is 25.4 Å². The fourth-order valence-electron chi connectivity index (χ4n) is 2.14. The second-order valence-corrected chi connectivity index (χ2v) is 8.27. The van der Waals surface area contributed by atoms with Gasteiger partial charge in [0.15, 0.2) is 22.5 Å². The number of benzene rings is 1. The van der Waals surface area contributed by atoms with Gasteiger partial charge >= 0.3 is 0 Å². The number of furan rings is 1. The molecule has 142 valence electrons. The van der Waals surface area contributed by atoms with Crippen LogP contribution in [0, 0.1) is 11.6 Å². The smallest absolute Gasteiger partial charge is 0.293 e. The fourth-order valence-corrected chi connectivity index (χ4v) is 3.63. The van der Waals surface area contributed by atoms with E-state index in [1.54, 1.807) is 0 Å². The fraction of sp³-hybridized carbons (Fsp3) is 0.125. The third kappa shape index (κ3) is 4.38. The Labute approximate surface area is 157 Å².